The van der Waals surface area contributed by atoms with Crippen LogP contribution in [0.3, 0.4) is 0 Å². The zero-order chi connectivity index (χ0) is 35.8. The fourth-order valence-electron chi connectivity index (χ4n) is 8.52. The van der Waals surface area contributed by atoms with Gasteiger partial charge in [0, 0.05) is 21.7 Å². The summed E-state index contributed by atoms with van der Waals surface area (Å²) in [5, 5.41) is 3.13. The maximum absolute atomic E-state index is 14.1. The average molecular weight is 740 g/mol. The molecule has 3 aromatic carbocycles. The Morgan fingerprint density at radius 1 is 0.961 bits per heavy atom. The number of alkyl halides is 3. The van der Waals surface area contributed by atoms with E-state index in [2.05, 4.69) is 10.3 Å². The number of rotatable bonds is 8. The van der Waals surface area contributed by atoms with Gasteiger partial charge in [-0.05, 0) is 85.2 Å². The van der Waals surface area contributed by atoms with Crippen molar-refractivity contribution in [3.05, 3.63) is 98.2 Å². The van der Waals surface area contributed by atoms with Gasteiger partial charge in [-0.1, -0.05) is 29.5 Å². The number of aromatic amines is 1. The van der Waals surface area contributed by atoms with E-state index in [4.69, 9.17) is 9.47 Å². The van der Waals surface area contributed by atoms with Crippen LogP contribution in [-0.4, -0.2) is 41.2 Å². The summed E-state index contributed by atoms with van der Waals surface area (Å²) >= 11 is 2.54. The number of ether oxygens (including phenoxy) is 2. The van der Waals surface area contributed by atoms with Gasteiger partial charge >= 0.3 is 11.0 Å². The van der Waals surface area contributed by atoms with Crippen molar-refractivity contribution in [2.24, 2.45) is 29.6 Å². The zero-order valence-electron chi connectivity index (χ0n) is 26.7. The zero-order valence-corrected chi connectivity index (χ0v) is 28.4. The molecule has 0 spiro atoms. The Morgan fingerprint density at radius 2 is 1.69 bits per heavy atom. The number of nitrogens with zero attached hydrogens (tertiary/aromatic N) is 1. The molecule has 3 amide bonds. The van der Waals surface area contributed by atoms with Crippen LogP contribution in [0, 0.1) is 35.4 Å². The number of H-pyrrole nitrogens is 1. The van der Waals surface area contributed by atoms with Crippen LogP contribution in [-0.2, 0) is 20.6 Å². The summed E-state index contributed by atoms with van der Waals surface area (Å²) in [4.78, 5) is 57.5. The first-order chi connectivity index (χ1) is 24.4. The van der Waals surface area contributed by atoms with E-state index in [0.717, 1.165) is 32.7 Å². The number of anilines is 2. The largest absolute Gasteiger partial charge is 0.490 e. The first-order valence-corrected chi connectivity index (χ1v) is 18.0. The van der Waals surface area contributed by atoms with Gasteiger partial charge in [-0.25, -0.2) is 9.29 Å². The third kappa shape index (κ3) is 5.61. The Morgan fingerprint density at radius 3 is 2.41 bits per heavy atom. The van der Waals surface area contributed by atoms with Crippen LogP contribution in [0.25, 0.3) is 0 Å². The van der Waals surface area contributed by atoms with Crippen LogP contribution in [0.1, 0.15) is 35.3 Å². The molecule has 3 fully saturated rings. The number of thioether (sulfide) groups is 1. The molecule has 0 radical (unpaired) electrons. The average Bonchev–Trinajstić information content (AvgIpc) is 3.83. The highest BCUT2D eigenvalue weighted by Gasteiger charge is 2.70. The van der Waals surface area contributed by atoms with E-state index in [1.165, 1.54) is 54.2 Å². The molecule has 2 bridgehead atoms. The van der Waals surface area contributed by atoms with Crippen LogP contribution in [0.2, 0.25) is 0 Å². The molecule has 4 aliphatic rings. The minimum atomic E-state index is -4.76. The van der Waals surface area contributed by atoms with Gasteiger partial charge in [0.1, 0.15) is 5.82 Å². The van der Waals surface area contributed by atoms with Crippen molar-refractivity contribution in [1.82, 2.24) is 4.98 Å². The number of aromatic nitrogens is 1. The highest BCUT2D eigenvalue weighted by molar-refractivity contribution is 8.00. The van der Waals surface area contributed by atoms with E-state index in [1.54, 1.807) is 19.1 Å². The van der Waals surface area contributed by atoms with Crippen molar-refractivity contribution in [2.75, 3.05) is 23.4 Å². The van der Waals surface area contributed by atoms with Crippen LogP contribution >= 0.6 is 23.1 Å². The van der Waals surface area contributed by atoms with E-state index < -0.39 is 52.8 Å². The van der Waals surface area contributed by atoms with Crippen LogP contribution in [0.4, 0.5) is 28.9 Å². The summed E-state index contributed by atoms with van der Waals surface area (Å²) in [6.07, 6.45) is -4.20. The van der Waals surface area contributed by atoms with E-state index in [-0.39, 0.29) is 47.0 Å². The number of carbonyl (C=O) groups is 3. The Bertz CT molecular complexity index is 2120. The van der Waals surface area contributed by atoms with E-state index in [9.17, 15) is 36.7 Å². The number of hydrogen-bond acceptors (Lipinski definition) is 8. The number of benzene rings is 3. The lowest BCUT2D eigenvalue weighted by Crippen LogP contribution is -2.42. The van der Waals surface area contributed by atoms with E-state index >= 15 is 0 Å². The predicted octanol–water partition coefficient (Wildman–Crippen LogP) is 6.69. The number of nitrogens with one attached hydrogen (secondary N) is 2. The smallest absolute Gasteiger partial charge is 0.418 e. The fraction of sp³-hybridized carbons (Fsp3) is 0.333. The molecule has 1 saturated heterocycles. The van der Waals surface area contributed by atoms with Gasteiger partial charge in [0.25, 0.3) is 5.91 Å². The maximum atomic E-state index is 14.1. The van der Waals surface area contributed by atoms with Crippen molar-refractivity contribution >= 4 is 52.2 Å². The van der Waals surface area contributed by atoms with Crippen LogP contribution < -0.4 is 24.6 Å². The molecular weight excluding hydrogens is 711 g/mol. The lowest BCUT2D eigenvalue weighted by molar-refractivity contribution is -0.137. The summed E-state index contributed by atoms with van der Waals surface area (Å²) in [5.74, 6) is -4.26. The monoisotopic (exact) mass is 739 g/mol. The summed E-state index contributed by atoms with van der Waals surface area (Å²) in [6.45, 7) is 1.71. The molecule has 2 N–H and O–H groups in total. The van der Waals surface area contributed by atoms with Gasteiger partial charge in [0.05, 0.1) is 34.7 Å². The summed E-state index contributed by atoms with van der Waals surface area (Å²) < 4.78 is 67.1. The predicted molar refractivity (Wildman–Crippen MR) is 181 cm³/mol. The van der Waals surface area contributed by atoms with Crippen molar-refractivity contribution in [1.29, 1.82) is 0 Å². The molecule has 2 saturated carbocycles. The molecule has 264 valence electrons. The Kier molecular flexibility index (Phi) is 8.24. The molecule has 7 atom stereocenters. The van der Waals surface area contributed by atoms with Crippen molar-refractivity contribution in [2.45, 2.75) is 35.7 Å². The number of thiazole rings is 1. The Labute approximate surface area is 296 Å². The lowest BCUT2D eigenvalue weighted by Gasteiger charge is -2.43. The summed E-state index contributed by atoms with van der Waals surface area (Å²) in [6, 6.07) is 15.2. The molecule has 0 unspecified atom stereocenters. The molecule has 51 heavy (non-hydrogen) atoms. The Hall–Kier alpha value is -4.63. The van der Waals surface area contributed by atoms with E-state index in [0.29, 0.717) is 28.6 Å². The topological polar surface area (TPSA) is 118 Å². The van der Waals surface area contributed by atoms with Gasteiger partial charge in [-0.3, -0.25) is 19.2 Å². The highest BCUT2D eigenvalue weighted by Crippen LogP contribution is 2.69. The van der Waals surface area contributed by atoms with E-state index in [1.807, 2.05) is 6.07 Å². The lowest BCUT2D eigenvalue weighted by atomic mass is 9.68. The van der Waals surface area contributed by atoms with Gasteiger partial charge < -0.3 is 19.8 Å². The number of fused-ring (bicyclic) bond motifs is 9. The summed E-state index contributed by atoms with van der Waals surface area (Å²) in [7, 11) is 0. The normalized spacial score (nSPS) is 26.1. The second-order valence-corrected chi connectivity index (χ2v) is 15.2. The molecule has 1 aromatic heterocycles. The number of amides is 3. The molecule has 4 aromatic rings. The van der Waals surface area contributed by atoms with Gasteiger partial charge in [-0.15, -0.1) is 11.8 Å². The third-order valence-electron chi connectivity index (χ3n) is 10.3. The minimum Gasteiger partial charge on any atom is -0.490 e. The van der Waals surface area contributed by atoms with Gasteiger partial charge in [0.2, 0.25) is 11.8 Å². The summed E-state index contributed by atoms with van der Waals surface area (Å²) in [5.41, 5.74) is -0.317. The van der Waals surface area contributed by atoms with Crippen molar-refractivity contribution < 1.29 is 41.4 Å². The number of halogens is 4. The molecule has 2 aliphatic carbocycles. The number of carbonyl (C=O) groups excluding carboxylic acids is 3. The molecular formula is C36H29F4N3O6S2. The maximum Gasteiger partial charge on any atom is 0.418 e. The van der Waals surface area contributed by atoms with Gasteiger partial charge in [0.15, 0.2) is 18.1 Å². The molecule has 9 nitrogen and oxygen atoms in total. The van der Waals surface area contributed by atoms with Crippen LogP contribution in [0.15, 0.2) is 76.6 Å². The second-order valence-electron chi connectivity index (χ2n) is 13.0. The molecule has 3 heterocycles. The number of para-hydroxylation sites is 1. The fourth-order valence-corrected chi connectivity index (χ4v) is 11.4. The van der Waals surface area contributed by atoms with Crippen molar-refractivity contribution in [3.8, 4) is 11.5 Å². The van der Waals surface area contributed by atoms with Gasteiger partial charge in [-0.2, -0.15) is 13.2 Å². The first-order valence-electron chi connectivity index (χ1n) is 16.3. The van der Waals surface area contributed by atoms with Crippen LogP contribution in [0.5, 0.6) is 11.5 Å². The highest BCUT2D eigenvalue weighted by atomic mass is 32.2. The first kappa shape index (κ1) is 33.5. The molecule has 15 heteroatoms. The van der Waals surface area contributed by atoms with Crippen molar-refractivity contribution in [3.63, 3.8) is 0 Å². The minimum absolute atomic E-state index is 0.185. The number of hydrogen-bond donors (Lipinski definition) is 2. The molecule has 2 aliphatic heterocycles. The standard InChI is InChI=1S/C36H29F4N3O6S2/c1-2-48-24-13-16(7-12-23(24)49-15-25(44)41-18-10-8-17(37)9-11-18)26-27-19-14-20(30(27)50-32-31(26)51-35(47)42-32)29-28(19)33(45)43(34(29)46)22-6-4-3-5-21(22)36(38,39)40/h3-13,19-20,26-30H,2,14-15H2,1H3,(H,41,44)(H,42,47)/t19-,20-,26+,27-,28+,29+,30-/m1/s1. The third-order valence-corrected chi connectivity index (χ3v) is 12.9. The quantitative estimate of drug-likeness (QED) is 0.153. The second kappa shape index (κ2) is 12.5. The number of imide groups is 1. The Balaban J connectivity index is 1.11. The molecule has 8 rings (SSSR count). The SMILES string of the molecule is CCOc1cc([C@@H]2c3sc(=O)[nH]c3S[C@@H]3[C@@H]4C[C@@H]([C@@H]5C(=O)N(c6ccccc6C(F)(F)F)C(=O)[C@@H]45)[C@H]23)ccc1OCC(=O)Nc1ccc(F)cc1.